The van der Waals surface area contributed by atoms with E-state index in [1.165, 1.54) is 0 Å². The summed E-state index contributed by atoms with van der Waals surface area (Å²) >= 11 is 0. The highest BCUT2D eigenvalue weighted by molar-refractivity contribution is 5.70. The van der Waals surface area contributed by atoms with Crippen molar-refractivity contribution in [2.75, 3.05) is 20.3 Å². The van der Waals surface area contributed by atoms with Crippen LogP contribution in [0.25, 0.3) is 22.6 Å². The fourth-order valence-corrected chi connectivity index (χ4v) is 3.25. The van der Waals surface area contributed by atoms with Gasteiger partial charge in [0, 0.05) is 11.1 Å². The zero-order valence-electron chi connectivity index (χ0n) is 17.7. The molecule has 4 aromatic rings. The first-order chi connectivity index (χ1) is 15.8. The van der Waals surface area contributed by atoms with Gasteiger partial charge in [-0.25, -0.2) is 4.98 Å². The highest BCUT2D eigenvalue weighted by Gasteiger charge is 2.13. The minimum absolute atomic E-state index is 0.346. The molecule has 0 amide bonds. The van der Waals surface area contributed by atoms with Gasteiger partial charge >= 0.3 is 0 Å². The van der Waals surface area contributed by atoms with Crippen molar-refractivity contribution in [3.8, 4) is 40.2 Å². The lowest BCUT2D eigenvalue weighted by Crippen LogP contribution is -2.06. The van der Waals surface area contributed by atoms with Crippen LogP contribution in [0.3, 0.4) is 0 Å². The first-order valence-electron chi connectivity index (χ1n) is 10.3. The summed E-state index contributed by atoms with van der Waals surface area (Å²) in [5, 5.41) is 9.53. The van der Waals surface area contributed by atoms with Gasteiger partial charge in [0.1, 0.15) is 30.0 Å². The molecule has 0 aliphatic rings. The second-order valence-electron chi connectivity index (χ2n) is 7.06. The predicted octanol–water partition coefficient (Wildman–Crippen LogP) is 5.22. The molecule has 1 N–H and O–H groups in total. The van der Waals surface area contributed by atoms with Crippen LogP contribution in [0.15, 0.2) is 78.9 Å². The molecule has 32 heavy (non-hydrogen) atoms. The average Bonchev–Trinajstić information content (AvgIpc) is 3.29. The monoisotopic (exact) mass is 425 g/mol. The van der Waals surface area contributed by atoms with Crippen molar-refractivity contribution in [3.05, 3.63) is 90.1 Å². The van der Waals surface area contributed by atoms with E-state index in [2.05, 4.69) is 16.0 Å². The number of H-pyrrole nitrogens is 1. The molecule has 6 nitrogen and oxygen atoms in total. The molecule has 160 valence electrons. The second kappa shape index (κ2) is 10.3. The average molecular weight is 425 g/mol. The van der Waals surface area contributed by atoms with Crippen LogP contribution in [0.2, 0.25) is 0 Å². The first kappa shape index (κ1) is 21.2. The summed E-state index contributed by atoms with van der Waals surface area (Å²) in [4.78, 5) is 7.71. The topological polar surface area (TPSA) is 80.2 Å². The standard InChI is InChI=1S/C26H23N3O3/c1-30-22-11-9-21(10-12-22)26-28-24(17-27)25(29-26)20-7-13-23(14-8-20)32-16-15-31-18-19-5-3-2-4-6-19/h2-14H,15-16,18H2,1H3,(H,28,29). The van der Waals surface area contributed by atoms with Gasteiger partial charge in [0.15, 0.2) is 5.69 Å². The molecule has 1 heterocycles. The van der Waals surface area contributed by atoms with Gasteiger partial charge < -0.3 is 19.2 Å². The summed E-state index contributed by atoms with van der Waals surface area (Å²) in [6, 6.07) is 27.3. The Morgan fingerprint density at radius 3 is 2.22 bits per heavy atom. The van der Waals surface area contributed by atoms with E-state index in [9.17, 15) is 5.26 Å². The summed E-state index contributed by atoms with van der Waals surface area (Å²) in [6.07, 6.45) is 0. The third-order valence-electron chi connectivity index (χ3n) is 4.92. The van der Waals surface area contributed by atoms with Gasteiger partial charge in [0.2, 0.25) is 0 Å². The molecule has 0 saturated carbocycles. The van der Waals surface area contributed by atoms with E-state index < -0.39 is 0 Å². The fourth-order valence-electron chi connectivity index (χ4n) is 3.25. The lowest BCUT2D eigenvalue weighted by atomic mass is 10.1. The molecule has 4 rings (SSSR count). The van der Waals surface area contributed by atoms with E-state index in [4.69, 9.17) is 14.2 Å². The van der Waals surface area contributed by atoms with E-state index in [-0.39, 0.29) is 0 Å². The molecule has 0 radical (unpaired) electrons. The van der Waals surface area contributed by atoms with Crippen molar-refractivity contribution >= 4 is 0 Å². The normalized spacial score (nSPS) is 10.5. The minimum atomic E-state index is 0.346. The molecule has 6 heteroatoms. The maximum Gasteiger partial charge on any atom is 0.166 e. The molecule has 0 saturated heterocycles. The number of aromatic amines is 1. The van der Waals surface area contributed by atoms with E-state index in [1.807, 2.05) is 78.9 Å². The zero-order valence-corrected chi connectivity index (χ0v) is 17.7. The number of imidazole rings is 1. The highest BCUT2D eigenvalue weighted by Crippen LogP contribution is 2.28. The summed E-state index contributed by atoms with van der Waals surface area (Å²) < 4.78 is 16.6. The molecule has 0 unspecified atom stereocenters. The molecule has 0 spiro atoms. The van der Waals surface area contributed by atoms with Crippen LogP contribution in [0.4, 0.5) is 0 Å². The minimum Gasteiger partial charge on any atom is -0.497 e. The maximum atomic E-state index is 9.53. The predicted molar refractivity (Wildman–Crippen MR) is 122 cm³/mol. The molecule has 0 bridgehead atoms. The van der Waals surface area contributed by atoms with Gasteiger partial charge in [-0.1, -0.05) is 30.3 Å². The fraction of sp³-hybridized carbons (Fsp3) is 0.154. The number of methoxy groups -OCH3 is 1. The highest BCUT2D eigenvalue weighted by atomic mass is 16.5. The molecular formula is C26H23N3O3. The third-order valence-corrected chi connectivity index (χ3v) is 4.92. The van der Waals surface area contributed by atoms with E-state index in [1.54, 1.807) is 7.11 Å². The molecule has 0 fully saturated rings. The Morgan fingerprint density at radius 1 is 0.844 bits per heavy atom. The number of nitrogens with one attached hydrogen (secondary N) is 1. The number of hydrogen-bond acceptors (Lipinski definition) is 5. The Kier molecular flexibility index (Phi) is 6.81. The third kappa shape index (κ3) is 5.15. The van der Waals surface area contributed by atoms with Crippen LogP contribution in [0.1, 0.15) is 11.3 Å². The largest absolute Gasteiger partial charge is 0.497 e. The Hall–Kier alpha value is -4.08. The van der Waals surface area contributed by atoms with Crippen LogP contribution in [0, 0.1) is 11.3 Å². The molecule has 1 aromatic heterocycles. The Morgan fingerprint density at radius 2 is 1.53 bits per heavy atom. The second-order valence-corrected chi connectivity index (χ2v) is 7.06. The van der Waals surface area contributed by atoms with Crippen molar-refractivity contribution in [2.45, 2.75) is 6.61 Å². The first-order valence-corrected chi connectivity index (χ1v) is 10.3. The van der Waals surface area contributed by atoms with Gasteiger partial charge in [0.25, 0.3) is 0 Å². The van der Waals surface area contributed by atoms with Gasteiger partial charge in [0.05, 0.1) is 26.0 Å². The lowest BCUT2D eigenvalue weighted by molar-refractivity contribution is 0.0889. The van der Waals surface area contributed by atoms with Crippen molar-refractivity contribution < 1.29 is 14.2 Å². The summed E-state index contributed by atoms with van der Waals surface area (Å²) in [6.45, 7) is 1.53. The molecular weight excluding hydrogens is 402 g/mol. The van der Waals surface area contributed by atoms with E-state index in [0.717, 1.165) is 28.2 Å². The van der Waals surface area contributed by atoms with Crippen molar-refractivity contribution in [3.63, 3.8) is 0 Å². The number of ether oxygens (including phenoxy) is 3. The molecule has 0 aliphatic heterocycles. The number of rotatable bonds is 9. The quantitative estimate of drug-likeness (QED) is 0.372. The number of nitrogens with zero attached hydrogens (tertiary/aromatic N) is 2. The number of aromatic nitrogens is 2. The van der Waals surface area contributed by atoms with Crippen LogP contribution in [-0.2, 0) is 11.3 Å². The molecule has 0 aliphatic carbocycles. The molecule has 3 aromatic carbocycles. The maximum absolute atomic E-state index is 9.53. The Balaban J connectivity index is 1.37. The van der Waals surface area contributed by atoms with Crippen molar-refractivity contribution in [2.24, 2.45) is 0 Å². The lowest BCUT2D eigenvalue weighted by Gasteiger charge is -2.08. The summed E-state index contributed by atoms with van der Waals surface area (Å²) in [5.41, 5.74) is 3.90. The van der Waals surface area contributed by atoms with Gasteiger partial charge in [-0.3, -0.25) is 0 Å². The summed E-state index contributed by atoms with van der Waals surface area (Å²) in [5.74, 6) is 2.14. The van der Waals surface area contributed by atoms with Crippen LogP contribution in [0.5, 0.6) is 11.5 Å². The number of nitriles is 1. The SMILES string of the molecule is COc1ccc(-c2nc(C#N)c(-c3ccc(OCCOCc4ccccc4)cc3)[nH]2)cc1. The van der Waals surface area contributed by atoms with Crippen LogP contribution >= 0.6 is 0 Å². The summed E-state index contributed by atoms with van der Waals surface area (Å²) in [7, 11) is 1.62. The van der Waals surface area contributed by atoms with Crippen LogP contribution < -0.4 is 9.47 Å². The number of benzene rings is 3. The smallest absolute Gasteiger partial charge is 0.166 e. The number of hydrogen-bond donors (Lipinski definition) is 1. The van der Waals surface area contributed by atoms with E-state index >= 15 is 0 Å². The van der Waals surface area contributed by atoms with Gasteiger partial charge in [-0.05, 0) is 54.1 Å². The zero-order chi connectivity index (χ0) is 22.2. The van der Waals surface area contributed by atoms with E-state index in [0.29, 0.717) is 37.0 Å². The van der Waals surface area contributed by atoms with Gasteiger partial charge in [-0.2, -0.15) is 5.26 Å². The Bertz CT molecular complexity index is 1180. The van der Waals surface area contributed by atoms with Crippen molar-refractivity contribution in [1.29, 1.82) is 5.26 Å². The Labute approximate surface area is 187 Å². The molecule has 0 atom stereocenters. The van der Waals surface area contributed by atoms with Gasteiger partial charge in [-0.15, -0.1) is 0 Å². The van der Waals surface area contributed by atoms with Crippen molar-refractivity contribution in [1.82, 2.24) is 9.97 Å². The van der Waals surface area contributed by atoms with Crippen LogP contribution in [-0.4, -0.2) is 30.3 Å².